The van der Waals surface area contributed by atoms with Gasteiger partial charge in [0.25, 0.3) is 0 Å². The van der Waals surface area contributed by atoms with Crippen molar-refractivity contribution in [1.82, 2.24) is 26.2 Å². The average molecular weight is 623 g/mol. The third-order valence-electron chi connectivity index (χ3n) is 7.49. The summed E-state index contributed by atoms with van der Waals surface area (Å²) in [7, 11) is 0. The van der Waals surface area contributed by atoms with Crippen molar-refractivity contribution in [1.29, 1.82) is 0 Å². The van der Waals surface area contributed by atoms with Gasteiger partial charge in [-0.05, 0) is 55.5 Å². The molecule has 0 saturated carbocycles. The Balaban J connectivity index is 1.60. The van der Waals surface area contributed by atoms with Gasteiger partial charge in [0.15, 0.2) is 0 Å². The molecule has 242 valence electrons. The summed E-state index contributed by atoms with van der Waals surface area (Å²) in [6.07, 6.45) is 6.22. The first-order valence-electron chi connectivity index (χ1n) is 15.0. The summed E-state index contributed by atoms with van der Waals surface area (Å²) < 4.78 is 5.41. The van der Waals surface area contributed by atoms with Crippen molar-refractivity contribution in [3.05, 3.63) is 71.7 Å². The number of benzene rings is 1. The number of hydrogen-bond donors (Lipinski definition) is 5. The number of carbonyl (C=O) groups excluding carboxylic acids is 6. The van der Waals surface area contributed by atoms with E-state index in [9.17, 15) is 28.8 Å². The first-order valence-corrected chi connectivity index (χ1v) is 15.0. The molecule has 3 atom stereocenters. The van der Waals surface area contributed by atoms with Crippen LogP contribution in [0.25, 0.3) is 0 Å². The van der Waals surface area contributed by atoms with Gasteiger partial charge in [-0.3, -0.25) is 28.8 Å². The van der Waals surface area contributed by atoms with Crippen LogP contribution in [0.3, 0.4) is 0 Å². The Morgan fingerprint density at radius 3 is 2.40 bits per heavy atom. The van der Waals surface area contributed by atoms with Gasteiger partial charge in [0, 0.05) is 45.4 Å². The third kappa shape index (κ3) is 11.2. The number of nitrogens with one attached hydrogen (secondary N) is 4. The molecule has 1 aromatic carbocycles. The van der Waals surface area contributed by atoms with Crippen LogP contribution in [0.2, 0.25) is 0 Å². The van der Waals surface area contributed by atoms with Crippen molar-refractivity contribution in [3.8, 4) is 0 Å². The molecule has 13 nitrogen and oxygen atoms in total. The lowest BCUT2D eigenvalue weighted by Gasteiger charge is -2.24. The van der Waals surface area contributed by atoms with E-state index in [1.54, 1.807) is 54.3 Å². The van der Waals surface area contributed by atoms with Gasteiger partial charge in [-0.2, -0.15) is 0 Å². The Labute approximate surface area is 262 Å². The van der Waals surface area contributed by atoms with Crippen LogP contribution in [-0.2, 0) is 48.2 Å². The Morgan fingerprint density at radius 2 is 1.73 bits per heavy atom. The molecule has 0 radical (unpaired) electrons. The maximum Gasteiger partial charge on any atom is 0.243 e. The molecular weight excluding hydrogens is 580 g/mol. The first-order chi connectivity index (χ1) is 21.6. The number of furan rings is 1. The molecule has 1 aromatic heterocycles. The minimum atomic E-state index is -0.979. The zero-order valence-electron chi connectivity index (χ0n) is 25.7. The number of hydrogen-bond acceptors (Lipinski definition) is 7. The van der Waals surface area contributed by atoms with Gasteiger partial charge in [0.2, 0.25) is 35.4 Å². The first kappa shape index (κ1) is 34.5. The van der Waals surface area contributed by atoms with Crippen LogP contribution in [0, 0.1) is 0 Å². The molecule has 0 bridgehead atoms. The fourth-order valence-electron chi connectivity index (χ4n) is 5.23. The van der Waals surface area contributed by atoms with Crippen molar-refractivity contribution < 1.29 is 33.2 Å². The highest BCUT2D eigenvalue weighted by Gasteiger charge is 2.30. The van der Waals surface area contributed by atoms with Gasteiger partial charge in [-0.1, -0.05) is 30.3 Å². The van der Waals surface area contributed by atoms with Crippen molar-refractivity contribution in [2.45, 2.75) is 77.0 Å². The molecule has 1 aliphatic heterocycles. The minimum absolute atomic E-state index is 0.0732. The second-order valence-corrected chi connectivity index (χ2v) is 10.9. The summed E-state index contributed by atoms with van der Waals surface area (Å²) in [5.74, 6) is -1.85. The summed E-state index contributed by atoms with van der Waals surface area (Å²) in [5.41, 5.74) is 6.75. The molecule has 1 fully saturated rings. The standard InChI is InChI=1S/C32H42N6O7/c1-3-8-28(40)34-14-13-26(31(33)43)36-29(41)17-22-9-4-5-10-23(22)20-35-32(44)27(19-25-12-7-16-45-25)37-30(42)18-24-11-6-15-38(24)21(2)39/h3-5,7-10,12,16,24,26-27H,6,11,13-15,17-20H2,1-2H3,(H2,33,43)(H,34,40)(H,35,44)(H,36,41)(H,37,42)/b8-3+/t24-,26-,27-/m0/s1. The molecular formula is C32H42N6O7. The highest BCUT2D eigenvalue weighted by atomic mass is 16.3. The Bertz CT molecular complexity index is 1370. The lowest BCUT2D eigenvalue weighted by molar-refractivity contribution is -0.132. The molecule has 1 saturated heterocycles. The molecule has 2 heterocycles. The van der Waals surface area contributed by atoms with Crippen LogP contribution in [0.5, 0.6) is 0 Å². The lowest BCUT2D eigenvalue weighted by Crippen LogP contribution is -2.49. The van der Waals surface area contributed by atoms with E-state index in [4.69, 9.17) is 10.2 Å². The third-order valence-corrected chi connectivity index (χ3v) is 7.49. The van der Waals surface area contributed by atoms with Crippen LogP contribution in [-0.4, -0.2) is 71.6 Å². The minimum Gasteiger partial charge on any atom is -0.469 e. The van der Waals surface area contributed by atoms with Gasteiger partial charge in [-0.15, -0.1) is 0 Å². The van der Waals surface area contributed by atoms with Crippen LogP contribution >= 0.6 is 0 Å². The van der Waals surface area contributed by atoms with E-state index in [1.165, 1.54) is 19.3 Å². The molecule has 0 aliphatic carbocycles. The Kier molecular flexibility index (Phi) is 13.3. The number of nitrogens with zero attached hydrogens (tertiary/aromatic N) is 1. The number of likely N-dealkylation sites (tertiary alicyclic amines) is 1. The second kappa shape index (κ2) is 17.4. The fraction of sp³-hybridized carbons (Fsp3) is 0.438. The number of carbonyl (C=O) groups is 6. The topological polar surface area (TPSA) is 193 Å². The molecule has 1 aliphatic rings. The van der Waals surface area contributed by atoms with Gasteiger partial charge >= 0.3 is 0 Å². The number of rotatable bonds is 16. The smallest absolute Gasteiger partial charge is 0.243 e. The average Bonchev–Trinajstić information content (AvgIpc) is 3.68. The summed E-state index contributed by atoms with van der Waals surface area (Å²) in [4.78, 5) is 76.3. The van der Waals surface area contributed by atoms with E-state index in [0.29, 0.717) is 23.4 Å². The van der Waals surface area contributed by atoms with E-state index >= 15 is 0 Å². The number of primary amides is 1. The van der Waals surface area contributed by atoms with Crippen LogP contribution in [0.4, 0.5) is 0 Å². The summed E-state index contributed by atoms with van der Waals surface area (Å²) in [6, 6.07) is 8.31. The summed E-state index contributed by atoms with van der Waals surface area (Å²) in [5, 5.41) is 10.9. The molecule has 13 heteroatoms. The predicted molar refractivity (Wildman–Crippen MR) is 165 cm³/mol. The van der Waals surface area contributed by atoms with Gasteiger partial charge in [0.05, 0.1) is 12.7 Å². The molecule has 0 spiro atoms. The van der Waals surface area contributed by atoms with Crippen LogP contribution < -0.4 is 27.0 Å². The van der Waals surface area contributed by atoms with Gasteiger partial charge in [-0.25, -0.2) is 0 Å². The normalized spacial score (nSPS) is 15.7. The van der Waals surface area contributed by atoms with E-state index in [1.807, 2.05) is 0 Å². The van der Waals surface area contributed by atoms with E-state index in [0.717, 1.165) is 12.8 Å². The zero-order valence-corrected chi connectivity index (χ0v) is 25.7. The van der Waals surface area contributed by atoms with Crippen molar-refractivity contribution in [2.24, 2.45) is 5.73 Å². The molecule has 0 unspecified atom stereocenters. The molecule has 2 aromatic rings. The predicted octanol–water partition coefficient (Wildman–Crippen LogP) is 0.619. The number of nitrogens with two attached hydrogens (primary N) is 1. The Morgan fingerprint density at radius 1 is 1.00 bits per heavy atom. The van der Waals surface area contributed by atoms with E-state index in [2.05, 4.69) is 21.3 Å². The highest BCUT2D eigenvalue weighted by Crippen LogP contribution is 2.20. The van der Waals surface area contributed by atoms with Crippen molar-refractivity contribution in [3.63, 3.8) is 0 Å². The molecule has 3 rings (SSSR count). The van der Waals surface area contributed by atoms with Crippen molar-refractivity contribution >= 4 is 35.4 Å². The van der Waals surface area contributed by atoms with E-state index < -0.39 is 29.8 Å². The van der Waals surface area contributed by atoms with Crippen LogP contribution in [0.15, 0.2) is 59.2 Å². The maximum atomic E-state index is 13.3. The van der Waals surface area contributed by atoms with E-state index in [-0.39, 0.29) is 62.5 Å². The Hall–Kier alpha value is -4.94. The van der Waals surface area contributed by atoms with Gasteiger partial charge in [0.1, 0.15) is 17.8 Å². The quantitative estimate of drug-likeness (QED) is 0.169. The maximum absolute atomic E-state index is 13.3. The van der Waals surface area contributed by atoms with Gasteiger partial charge < -0.3 is 36.3 Å². The molecule has 6 N–H and O–H groups in total. The number of amides is 6. The van der Waals surface area contributed by atoms with Crippen LogP contribution in [0.1, 0.15) is 56.4 Å². The number of allylic oxidation sites excluding steroid dienone is 1. The fourth-order valence-corrected chi connectivity index (χ4v) is 5.23. The summed E-state index contributed by atoms with van der Waals surface area (Å²) in [6.45, 7) is 4.01. The zero-order chi connectivity index (χ0) is 32.8. The summed E-state index contributed by atoms with van der Waals surface area (Å²) >= 11 is 0. The largest absolute Gasteiger partial charge is 0.469 e. The monoisotopic (exact) mass is 622 g/mol. The second-order valence-electron chi connectivity index (χ2n) is 10.9. The lowest BCUT2D eigenvalue weighted by atomic mass is 10.0. The molecule has 6 amide bonds. The van der Waals surface area contributed by atoms with Crippen molar-refractivity contribution in [2.75, 3.05) is 13.1 Å². The SMILES string of the molecule is C/C=C/C(=O)NCC[C@H](NC(=O)Cc1ccccc1CNC(=O)[C@H](Cc1ccco1)NC(=O)C[C@@H]1CCCN1C(C)=O)C(N)=O. The molecule has 45 heavy (non-hydrogen) atoms. The highest BCUT2D eigenvalue weighted by molar-refractivity contribution is 5.89.